The quantitative estimate of drug-likeness (QED) is 0.888. The average Bonchev–Trinajstić information content (AvgIpc) is 2.79. The zero-order chi connectivity index (χ0) is 14.8. The van der Waals surface area contributed by atoms with Crippen LogP contribution in [0, 0.1) is 0 Å². The van der Waals surface area contributed by atoms with Gasteiger partial charge in [0.25, 0.3) is 0 Å². The Morgan fingerprint density at radius 1 is 1.35 bits per heavy atom. The van der Waals surface area contributed by atoms with Gasteiger partial charge in [0.1, 0.15) is 11.9 Å². The number of nitrogens with zero attached hydrogens (tertiary/aromatic N) is 1. The van der Waals surface area contributed by atoms with Gasteiger partial charge in [-0.1, -0.05) is 18.2 Å². The van der Waals surface area contributed by atoms with E-state index in [2.05, 4.69) is 5.32 Å². The fourth-order valence-corrected chi connectivity index (χ4v) is 2.36. The van der Waals surface area contributed by atoms with E-state index in [4.69, 9.17) is 9.47 Å². The minimum atomic E-state index is -0.387. The average molecular weight is 278 g/mol. The predicted octanol–water partition coefficient (Wildman–Crippen LogP) is 1.55. The number of carbonyl (C=O) groups is 1. The van der Waals surface area contributed by atoms with Crippen molar-refractivity contribution in [3.63, 3.8) is 0 Å². The molecule has 1 fully saturated rings. The molecule has 0 bridgehead atoms. The van der Waals surface area contributed by atoms with Crippen LogP contribution in [0.25, 0.3) is 0 Å². The Labute approximate surface area is 119 Å². The lowest BCUT2D eigenvalue weighted by molar-refractivity contribution is -0.131. The van der Waals surface area contributed by atoms with Crippen LogP contribution in [0.15, 0.2) is 24.3 Å². The molecule has 0 saturated carbocycles. The van der Waals surface area contributed by atoms with Crippen LogP contribution in [-0.2, 0) is 9.53 Å². The van der Waals surface area contributed by atoms with Gasteiger partial charge in [-0.2, -0.15) is 0 Å². The fourth-order valence-electron chi connectivity index (χ4n) is 2.36. The molecule has 1 N–H and O–H groups in total. The van der Waals surface area contributed by atoms with Gasteiger partial charge in [0.05, 0.1) is 25.8 Å². The van der Waals surface area contributed by atoms with Crippen molar-refractivity contribution in [1.29, 1.82) is 0 Å². The SMILES string of the molecule is COc1ccccc1C1NCC(=O)N1CC(C)(C)OC. The first kappa shape index (κ1) is 14.8. The minimum Gasteiger partial charge on any atom is -0.496 e. The molecule has 1 heterocycles. The van der Waals surface area contributed by atoms with Crippen molar-refractivity contribution in [2.45, 2.75) is 25.6 Å². The van der Waals surface area contributed by atoms with Gasteiger partial charge in [0, 0.05) is 12.7 Å². The molecular formula is C15H22N2O3. The van der Waals surface area contributed by atoms with Crippen LogP contribution in [0.1, 0.15) is 25.6 Å². The number of para-hydroxylation sites is 1. The van der Waals surface area contributed by atoms with Crippen molar-refractivity contribution in [3.8, 4) is 5.75 Å². The topological polar surface area (TPSA) is 50.8 Å². The van der Waals surface area contributed by atoms with Crippen LogP contribution >= 0.6 is 0 Å². The Hall–Kier alpha value is -1.59. The minimum absolute atomic E-state index is 0.0750. The van der Waals surface area contributed by atoms with Crippen LogP contribution < -0.4 is 10.1 Å². The molecule has 1 saturated heterocycles. The highest BCUT2D eigenvalue weighted by Gasteiger charge is 2.36. The van der Waals surface area contributed by atoms with E-state index in [1.165, 1.54) is 0 Å². The monoisotopic (exact) mass is 278 g/mol. The number of ether oxygens (including phenoxy) is 2. The van der Waals surface area contributed by atoms with E-state index < -0.39 is 0 Å². The highest BCUT2D eigenvalue weighted by atomic mass is 16.5. The maximum absolute atomic E-state index is 12.1. The third kappa shape index (κ3) is 2.94. The number of benzene rings is 1. The molecule has 1 atom stereocenters. The number of carbonyl (C=O) groups excluding carboxylic acids is 1. The normalized spacial score (nSPS) is 19.5. The zero-order valence-electron chi connectivity index (χ0n) is 12.5. The van der Waals surface area contributed by atoms with Crippen molar-refractivity contribution in [1.82, 2.24) is 10.2 Å². The molecule has 2 rings (SSSR count). The van der Waals surface area contributed by atoms with E-state index in [1.54, 1.807) is 19.1 Å². The first-order valence-electron chi connectivity index (χ1n) is 6.69. The molecule has 1 aliphatic rings. The summed E-state index contributed by atoms with van der Waals surface area (Å²) in [5.74, 6) is 0.853. The number of methoxy groups -OCH3 is 2. The van der Waals surface area contributed by atoms with E-state index in [0.717, 1.165) is 11.3 Å². The van der Waals surface area contributed by atoms with E-state index in [0.29, 0.717) is 13.1 Å². The van der Waals surface area contributed by atoms with Gasteiger partial charge < -0.3 is 14.4 Å². The van der Waals surface area contributed by atoms with Crippen LogP contribution in [0.5, 0.6) is 5.75 Å². The predicted molar refractivity (Wildman–Crippen MR) is 76.5 cm³/mol. The highest BCUT2D eigenvalue weighted by molar-refractivity contribution is 5.81. The molecule has 0 spiro atoms. The molecular weight excluding hydrogens is 256 g/mol. The van der Waals surface area contributed by atoms with Gasteiger partial charge >= 0.3 is 0 Å². The van der Waals surface area contributed by atoms with Crippen LogP contribution in [-0.4, -0.2) is 43.7 Å². The van der Waals surface area contributed by atoms with E-state index in [-0.39, 0.29) is 17.7 Å². The second-order valence-electron chi connectivity index (χ2n) is 5.51. The van der Waals surface area contributed by atoms with Crippen molar-refractivity contribution < 1.29 is 14.3 Å². The first-order chi connectivity index (χ1) is 9.48. The summed E-state index contributed by atoms with van der Waals surface area (Å²) in [6.07, 6.45) is -0.173. The summed E-state index contributed by atoms with van der Waals surface area (Å²) >= 11 is 0. The maximum Gasteiger partial charge on any atom is 0.238 e. The molecule has 1 aromatic carbocycles. The molecule has 5 heteroatoms. The van der Waals surface area contributed by atoms with Gasteiger partial charge in [0.2, 0.25) is 5.91 Å². The molecule has 1 aliphatic heterocycles. The van der Waals surface area contributed by atoms with Crippen molar-refractivity contribution in [3.05, 3.63) is 29.8 Å². The first-order valence-corrected chi connectivity index (χ1v) is 6.69. The summed E-state index contributed by atoms with van der Waals surface area (Å²) < 4.78 is 10.8. The molecule has 20 heavy (non-hydrogen) atoms. The molecule has 110 valence electrons. The summed E-state index contributed by atoms with van der Waals surface area (Å²) in [7, 11) is 3.30. The van der Waals surface area contributed by atoms with Gasteiger partial charge in [0.15, 0.2) is 0 Å². The Morgan fingerprint density at radius 3 is 2.70 bits per heavy atom. The lowest BCUT2D eigenvalue weighted by Gasteiger charge is -2.33. The highest BCUT2D eigenvalue weighted by Crippen LogP contribution is 2.31. The van der Waals surface area contributed by atoms with Crippen molar-refractivity contribution in [2.75, 3.05) is 27.3 Å². The number of nitrogens with one attached hydrogen (secondary N) is 1. The number of rotatable bonds is 5. The smallest absolute Gasteiger partial charge is 0.238 e. The van der Waals surface area contributed by atoms with Gasteiger partial charge in [-0.05, 0) is 19.9 Å². The fraction of sp³-hybridized carbons (Fsp3) is 0.533. The zero-order valence-corrected chi connectivity index (χ0v) is 12.5. The van der Waals surface area contributed by atoms with Crippen molar-refractivity contribution in [2.24, 2.45) is 0 Å². The number of hydrogen-bond acceptors (Lipinski definition) is 4. The molecule has 0 aromatic heterocycles. The number of hydrogen-bond donors (Lipinski definition) is 1. The molecule has 1 aromatic rings. The van der Waals surface area contributed by atoms with Gasteiger partial charge in [-0.3, -0.25) is 10.1 Å². The summed E-state index contributed by atoms with van der Waals surface area (Å²) in [6.45, 7) is 4.80. The summed E-state index contributed by atoms with van der Waals surface area (Å²) in [4.78, 5) is 13.9. The lowest BCUT2D eigenvalue weighted by Crippen LogP contribution is -2.42. The van der Waals surface area contributed by atoms with E-state index >= 15 is 0 Å². The van der Waals surface area contributed by atoms with Crippen molar-refractivity contribution >= 4 is 5.91 Å². The third-order valence-corrected chi connectivity index (χ3v) is 3.62. The molecule has 1 amide bonds. The summed E-state index contributed by atoms with van der Waals surface area (Å²) in [5.41, 5.74) is 0.579. The van der Waals surface area contributed by atoms with E-state index in [9.17, 15) is 4.79 Å². The van der Waals surface area contributed by atoms with E-state index in [1.807, 2.05) is 38.1 Å². The Morgan fingerprint density at radius 2 is 2.05 bits per heavy atom. The summed E-state index contributed by atoms with van der Waals surface area (Å²) in [5, 5.41) is 3.23. The lowest BCUT2D eigenvalue weighted by atomic mass is 10.1. The molecule has 1 unspecified atom stereocenters. The second-order valence-corrected chi connectivity index (χ2v) is 5.51. The molecule has 0 radical (unpaired) electrons. The van der Waals surface area contributed by atoms with Crippen LogP contribution in [0.2, 0.25) is 0 Å². The summed E-state index contributed by atoms with van der Waals surface area (Å²) in [6, 6.07) is 7.74. The van der Waals surface area contributed by atoms with Crippen LogP contribution in [0.4, 0.5) is 0 Å². The Kier molecular flexibility index (Phi) is 4.30. The maximum atomic E-state index is 12.1. The third-order valence-electron chi connectivity index (χ3n) is 3.62. The molecule has 0 aliphatic carbocycles. The largest absolute Gasteiger partial charge is 0.496 e. The van der Waals surface area contributed by atoms with Gasteiger partial charge in [-0.15, -0.1) is 0 Å². The van der Waals surface area contributed by atoms with Gasteiger partial charge in [-0.25, -0.2) is 0 Å². The van der Waals surface area contributed by atoms with Crippen LogP contribution in [0.3, 0.4) is 0 Å². The molecule has 5 nitrogen and oxygen atoms in total. The second kappa shape index (κ2) is 5.81. The number of amides is 1. The Bertz CT molecular complexity index is 488. The Balaban J connectivity index is 2.28. The standard InChI is InChI=1S/C15H22N2O3/c1-15(2,20-4)10-17-13(18)9-16-14(17)11-7-5-6-8-12(11)19-3/h5-8,14,16H,9-10H2,1-4H3.